The van der Waals surface area contributed by atoms with Gasteiger partial charge in [0, 0.05) is 6.07 Å². The van der Waals surface area contributed by atoms with Gasteiger partial charge in [0.2, 0.25) is 5.91 Å². The van der Waals surface area contributed by atoms with Crippen LogP contribution in [0.15, 0.2) is 18.2 Å². The third-order valence-electron chi connectivity index (χ3n) is 4.99. The molecule has 0 aromatic heterocycles. The number of nitrogens with zero attached hydrogens (tertiary/aromatic N) is 1. The number of nitro benzene ring substituents is 1. The van der Waals surface area contributed by atoms with E-state index >= 15 is 0 Å². The fourth-order valence-corrected chi connectivity index (χ4v) is 3.67. The SMILES string of the molecule is CC1(C)CCC(C2C(=O)Nc3c2cccc3[N+](=O)[O-])CC1. The molecule has 21 heavy (non-hydrogen) atoms. The van der Waals surface area contributed by atoms with E-state index in [4.69, 9.17) is 0 Å². The Morgan fingerprint density at radius 3 is 2.57 bits per heavy atom. The fourth-order valence-electron chi connectivity index (χ4n) is 3.67. The van der Waals surface area contributed by atoms with Crippen molar-refractivity contribution in [1.29, 1.82) is 0 Å². The van der Waals surface area contributed by atoms with Crippen molar-refractivity contribution in [2.75, 3.05) is 5.32 Å². The molecule has 1 fully saturated rings. The van der Waals surface area contributed by atoms with Crippen LogP contribution in [0.4, 0.5) is 11.4 Å². The van der Waals surface area contributed by atoms with Crippen LogP contribution in [-0.2, 0) is 4.79 Å². The van der Waals surface area contributed by atoms with Gasteiger partial charge in [-0.25, -0.2) is 0 Å². The number of nitrogens with one attached hydrogen (secondary N) is 1. The number of hydrogen-bond acceptors (Lipinski definition) is 3. The molecule has 1 N–H and O–H groups in total. The van der Waals surface area contributed by atoms with Crippen molar-refractivity contribution < 1.29 is 9.72 Å². The quantitative estimate of drug-likeness (QED) is 0.663. The summed E-state index contributed by atoms with van der Waals surface area (Å²) in [5.74, 6) is -0.0127. The highest BCUT2D eigenvalue weighted by atomic mass is 16.6. The number of carbonyl (C=O) groups is 1. The lowest BCUT2D eigenvalue weighted by molar-refractivity contribution is -0.383. The molecule has 1 aromatic carbocycles. The molecule has 0 spiro atoms. The first-order valence-electron chi connectivity index (χ1n) is 7.47. The summed E-state index contributed by atoms with van der Waals surface area (Å²) in [6.07, 6.45) is 4.22. The molecule has 1 unspecified atom stereocenters. The van der Waals surface area contributed by atoms with Crippen molar-refractivity contribution in [3.05, 3.63) is 33.9 Å². The van der Waals surface area contributed by atoms with Crippen molar-refractivity contribution in [3.8, 4) is 0 Å². The molecule has 1 heterocycles. The van der Waals surface area contributed by atoms with E-state index in [1.165, 1.54) is 6.07 Å². The first-order valence-corrected chi connectivity index (χ1v) is 7.47. The van der Waals surface area contributed by atoms with Crippen molar-refractivity contribution in [3.63, 3.8) is 0 Å². The Kier molecular flexibility index (Phi) is 3.23. The van der Waals surface area contributed by atoms with Crippen LogP contribution in [-0.4, -0.2) is 10.8 Å². The molecule has 1 aliphatic heterocycles. The predicted octanol–water partition coefficient (Wildman–Crippen LogP) is 3.85. The van der Waals surface area contributed by atoms with E-state index < -0.39 is 4.92 Å². The van der Waals surface area contributed by atoms with Gasteiger partial charge in [-0.15, -0.1) is 0 Å². The topological polar surface area (TPSA) is 72.2 Å². The first-order chi connectivity index (χ1) is 9.89. The Labute approximate surface area is 123 Å². The van der Waals surface area contributed by atoms with E-state index in [2.05, 4.69) is 19.2 Å². The van der Waals surface area contributed by atoms with E-state index in [1.54, 1.807) is 6.07 Å². The molecule has 1 atom stereocenters. The second-order valence-corrected chi connectivity index (χ2v) is 6.97. The molecular weight excluding hydrogens is 268 g/mol. The summed E-state index contributed by atoms with van der Waals surface area (Å²) in [5.41, 5.74) is 1.55. The normalized spacial score (nSPS) is 24.5. The van der Waals surface area contributed by atoms with Gasteiger partial charge < -0.3 is 5.32 Å². The Hall–Kier alpha value is -1.91. The Bertz CT molecular complexity index is 600. The molecule has 0 saturated heterocycles. The largest absolute Gasteiger partial charge is 0.320 e. The number of anilines is 1. The predicted molar refractivity (Wildman–Crippen MR) is 80.2 cm³/mol. The van der Waals surface area contributed by atoms with E-state index in [0.717, 1.165) is 31.2 Å². The Balaban J connectivity index is 1.92. The summed E-state index contributed by atoms with van der Waals surface area (Å²) in [4.78, 5) is 23.0. The molecule has 1 saturated carbocycles. The lowest BCUT2D eigenvalue weighted by atomic mass is 9.68. The van der Waals surface area contributed by atoms with Crippen LogP contribution in [0.1, 0.15) is 51.0 Å². The number of hydrogen-bond donors (Lipinski definition) is 1. The van der Waals surface area contributed by atoms with Crippen LogP contribution in [0.25, 0.3) is 0 Å². The number of carbonyl (C=O) groups excluding carboxylic acids is 1. The highest BCUT2D eigenvalue weighted by Crippen LogP contribution is 2.49. The van der Waals surface area contributed by atoms with Crippen molar-refractivity contribution in [1.82, 2.24) is 0 Å². The third kappa shape index (κ3) is 2.41. The Morgan fingerprint density at radius 1 is 1.29 bits per heavy atom. The summed E-state index contributed by atoms with van der Waals surface area (Å²) in [7, 11) is 0. The van der Waals surface area contributed by atoms with Crippen LogP contribution in [0.5, 0.6) is 0 Å². The average Bonchev–Trinajstić information content (AvgIpc) is 2.74. The molecule has 2 aliphatic rings. The monoisotopic (exact) mass is 288 g/mol. The van der Waals surface area contributed by atoms with E-state index in [0.29, 0.717) is 17.0 Å². The Morgan fingerprint density at radius 2 is 1.95 bits per heavy atom. The molecule has 5 heteroatoms. The third-order valence-corrected chi connectivity index (χ3v) is 4.99. The second-order valence-electron chi connectivity index (χ2n) is 6.97. The minimum Gasteiger partial charge on any atom is -0.320 e. The molecule has 112 valence electrons. The lowest BCUT2D eigenvalue weighted by Gasteiger charge is -2.36. The lowest BCUT2D eigenvalue weighted by Crippen LogP contribution is -2.28. The summed E-state index contributed by atoms with van der Waals surface area (Å²) in [6.45, 7) is 4.52. The average molecular weight is 288 g/mol. The maximum atomic E-state index is 12.3. The van der Waals surface area contributed by atoms with Crippen LogP contribution in [0.3, 0.4) is 0 Å². The first kappa shape index (κ1) is 14.0. The number of benzene rings is 1. The van der Waals surface area contributed by atoms with Crippen LogP contribution >= 0.6 is 0 Å². The molecular formula is C16H20N2O3. The van der Waals surface area contributed by atoms with Gasteiger partial charge in [-0.2, -0.15) is 0 Å². The molecule has 1 aliphatic carbocycles. The number of para-hydroxylation sites is 1. The van der Waals surface area contributed by atoms with Crippen molar-refractivity contribution in [2.24, 2.45) is 11.3 Å². The number of fused-ring (bicyclic) bond motifs is 1. The van der Waals surface area contributed by atoms with Gasteiger partial charge in [-0.05, 0) is 42.6 Å². The smallest absolute Gasteiger partial charge is 0.293 e. The summed E-state index contributed by atoms with van der Waals surface area (Å²) >= 11 is 0. The zero-order chi connectivity index (χ0) is 15.2. The van der Waals surface area contributed by atoms with Gasteiger partial charge in [0.15, 0.2) is 0 Å². The maximum absolute atomic E-state index is 12.3. The van der Waals surface area contributed by atoms with Gasteiger partial charge in [0.1, 0.15) is 5.69 Å². The molecule has 5 nitrogen and oxygen atoms in total. The van der Waals surface area contributed by atoms with E-state index in [1.807, 2.05) is 6.07 Å². The van der Waals surface area contributed by atoms with Crippen LogP contribution in [0, 0.1) is 21.4 Å². The summed E-state index contributed by atoms with van der Waals surface area (Å²) < 4.78 is 0. The number of amides is 1. The molecule has 0 bridgehead atoms. The highest BCUT2D eigenvalue weighted by Gasteiger charge is 2.42. The van der Waals surface area contributed by atoms with Crippen LogP contribution < -0.4 is 5.32 Å². The maximum Gasteiger partial charge on any atom is 0.293 e. The zero-order valence-corrected chi connectivity index (χ0v) is 12.4. The second kappa shape index (κ2) is 4.83. The van der Waals surface area contributed by atoms with Gasteiger partial charge in [-0.1, -0.05) is 26.0 Å². The fraction of sp³-hybridized carbons (Fsp3) is 0.562. The minimum absolute atomic E-state index is 0.000473. The standard InChI is InChI=1S/C16H20N2O3/c1-16(2)8-6-10(7-9-16)13-11-4-3-5-12(18(20)21)14(11)17-15(13)19/h3-5,10,13H,6-9H2,1-2H3,(H,17,19). The van der Waals surface area contributed by atoms with Gasteiger partial charge in [0.25, 0.3) is 5.69 Å². The van der Waals surface area contributed by atoms with Gasteiger partial charge >= 0.3 is 0 Å². The van der Waals surface area contributed by atoms with Gasteiger partial charge in [-0.3, -0.25) is 14.9 Å². The molecule has 0 radical (unpaired) electrons. The molecule has 1 amide bonds. The summed E-state index contributed by atoms with van der Waals surface area (Å²) in [6, 6.07) is 4.98. The van der Waals surface area contributed by atoms with Crippen molar-refractivity contribution in [2.45, 2.75) is 45.4 Å². The number of rotatable bonds is 2. The molecule has 3 rings (SSSR count). The van der Waals surface area contributed by atoms with Crippen LogP contribution in [0.2, 0.25) is 0 Å². The highest BCUT2D eigenvalue weighted by molar-refractivity contribution is 6.05. The minimum atomic E-state index is -0.425. The zero-order valence-electron chi connectivity index (χ0n) is 12.4. The van der Waals surface area contributed by atoms with E-state index in [9.17, 15) is 14.9 Å². The van der Waals surface area contributed by atoms with Crippen molar-refractivity contribution >= 4 is 17.3 Å². The summed E-state index contributed by atoms with van der Waals surface area (Å²) in [5, 5.41) is 13.8. The molecule has 1 aromatic rings. The van der Waals surface area contributed by atoms with E-state index in [-0.39, 0.29) is 17.5 Å². The van der Waals surface area contributed by atoms with Gasteiger partial charge in [0.05, 0.1) is 10.8 Å². The number of nitro groups is 1.